The standard InChI is InChI=1S/C18H19N5O2S/c1-18(8-9-26-17(20)23-18)13-5-2-11(3-6-13)16(25)22-14-7-4-12(10-21-14)15(19)24/h2-7,10H,8-9H2,1H3,(H2,19,24)(H2,20,23)(H,21,22,25). The van der Waals surface area contributed by atoms with Gasteiger partial charge in [-0.2, -0.15) is 0 Å². The Hall–Kier alpha value is -2.87. The Kier molecular flexibility index (Phi) is 4.94. The van der Waals surface area contributed by atoms with Crippen molar-refractivity contribution in [2.75, 3.05) is 11.1 Å². The van der Waals surface area contributed by atoms with Crippen molar-refractivity contribution >= 4 is 34.6 Å². The van der Waals surface area contributed by atoms with Crippen molar-refractivity contribution in [2.24, 2.45) is 16.5 Å². The monoisotopic (exact) mass is 369 g/mol. The van der Waals surface area contributed by atoms with Crippen molar-refractivity contribution in [3.05, 3.63) is 59.3 Å². The molecule has 2 amide bonds. The second kappa shape index (κ2) is 7.17. The van der Waals surface area contributed by atoms with Crippen LogP contribution in [0.2, 0.25) is 0 Å². The van der Waals surface area contributed by atoms with Gasteiger partial charge in [-0.3, -0.25) is 14.6 Å². The van der Waals surface area contributed by atoms with Crippen LogP contribution >= 0.6 is 11.8 Å². The summed E-state index contributed by atoms with van der Waals surface area (Å²) in [5.74, 6) is 0.408. The highest BCUT2D eigenvalue weighted by molar-refractivity contribution is 8.13. The van der Waals surface area contributed by atoms with E-state index in [9.17, 15) is 9.59 Å². The summed E-state index contributed by atoms with van der Waals surface area (Å²) in [4.78, 5) is 32.0. The van der Waals surface area contributed by atoms with Gasteiger partial charge in [0, 0.05) is 17.5 Å². The minimum Gasteiger partial charge on any atom is -0.379 e. The number of rotatable bonds is 4. The van der Waals surface area contributed by atoms with E-state index in [1.807, 2.05) is 19.1 Å². The first-order valence-corrected chi connectivity index (χ1v) is 9.02. The van der Waals surface area contributed by atoms with Gasteiger partial charge in [-0.1, -0.05) is 23.9 Å². The molecule has 0 bridgehead atoms. The van der Waals surface area contributed by atoms with E-state index in [0.29, 0.717) is 16.5 Å². The van der Waals surface area contributed by atoms with Gasteiger partial charge in [0.25, 0.3) is 5.91 Å². The number of nitrogens with one attached hydrogen (secondary N) is 1. The van der Waals surface area contributed by atoms with Crippen molar-refractivity contribution in [2.45, 2.75) is 18.9 Å². The van der Waals surface area contributed by atoms with Crippen molar-refractivity contribution in [1.82, 2.24) is 4.98 Å². The van der Waals surface area contributed by atoms with E-state index >= 15 is 0 Å². The summed E-state index contributed by atoms with van der Waals surface area (Å²) in [5.41, 5.74) is 12.5. The average molecular weight is 369 g/mol. The number of amidine groups is 1. The van der Waals surface area contributed by atoms with Crippen LogP contribution in [-0.4, -0.2) is 27.7 Å². The third kappa shape index (κ3) is 3.85. The highest BCUT2D eigenvalue weighted by Gasteiger charge is 2.29. The number of aliphatic imine (C=N–C) groups is 1. The molecular weight excluding hydrogens is 350 g/mol. The third-order valence-corrected chi connectivity index (χ3v) is 5.05. The zero-order valence-corrected chi connectivity index (χ0v) is 15.0. The molecule has 1 aliphatic heterocycles. The SMILES string of the molecule is CC1(c2ccc(C(=O)Nc3ccc(C(N)=O)cn3)cc2)CCSC(N)=N1. The molecule has 0 aliphatic carbocycles. The molecule has 1 unspecified atom stereocenters. The maximum atomic E-state index is 12.4. The molecule has 1 atom stereocenters. The van der Waals surface area contributed by atoms with Gasteiger partial charge in [-0.05, 0) is 43.2 Å². The molecule has 3 rings (SSSR count). The Morgan fingerprint density at radius 3 is 2.42 bits per heavy atom. The Labute approximate surface area is 155 Å². The predicted molar refractivity (Wildman–Crippen MR) is 103 cm³/mol. The lowest BCUT2D eigenvalue weighted by Gasteiger charge is -2.29. The molecule has 7 nitrogen and oxygen atoms in total. The topological polar surface area (TPSA) is 123 Å². The number of anilines is 1. The molecule has 1 aromatic carbocycles. The van der Waals surface area contributed by atoms with Crippen molar-refractivity contribution in [1.29, 1.82) is 0 Å². The second-order valence-electron chi connectivity index (χ2n) is 6.15. The molecule has 0 fully saturated rings. The number of hydrogen-bond acceptors (Lipinski definition) is 6. The first-order valence-electron chi connectivity index (χ1n) is 8.03. The highest BCUT2D eigenvalue weighted by atomic mass is 32.2. The average Bonchev–Trinajstić information content (AvgIpc) is 2.62. The minimum absolute atomic E-state index is 0.283. The van der Waals surface area contributed by atoms with Gasteiger partial charge in [0.15, 0.2) is 5.17 Å². The van der Waals surface area contributed by atoms with Crippen molar-refractivity contribution in [3.8, 4) is 0 Å². The number of benzene rings is 1. The molecule has 0 radical (unpaired) electrons. The minimum atomic E-state index is -0.566. The third-order valence-electron chi connectivity index (χ3n) is 4.25. The Morgan fingerprint density at radius 1 is 1.15 bits per heavy atom. The van der Waals surface area contributed by atoms with Crippen molar-refractivity contribution < 1.29 is 9.59 Å². The van der Waals surface area contributed by atoms with Crippen molar-refractivity contribution in [3.63, 3.8) is 0 Å². The van der Waals surface area contributed by atoms with E-state index in [-0.39, 0.29) is 17.0 Å². The maximum absolute atomic E-state index is 12.4. The zero-order valence-electron chi connectivity index (χ0n) is 14.2. The number of amides is 2. The van der Waals surface area contributed by atoms with Gasteiger partial charge < -0.3 is 16.8 Å². The fraction of sp³-hybridized carbons (Fsp3) is 0.222. The summed E-state index contributed by atoms with van der Waals surface area (Å²) in [6.07, 6.45) is 2.21. The number of hydrogen-bond donors (Lipinski definition) is 3. The quantitative estimate of drug-likeness (QED) is 0.761. The molecule has 2 heterocycles. The molecule has 2 aromatic rings. The number of carbonyl (C=O) groups is 2. The molecule has 1 aliphatic rings. The summed E-state index contributed by atoms with van der Waals surface area (Å²) >= 11 is 1.55. The summed E-state index contributed by atoms with van der Waals surface area (Å²) in [7, 11) is 0. The molecule has 1 aromatic heterocycles. The van der Waals surface area contributed by atoms with Crippen LogP contribution in [0.25, 0.3) is 0 Å². The molecule has 0 saturated heterocycles. The van der Waals surface area contributed by atoms with Crippen LogP contribution in [0.3, 0.4) is 0 Å². The lowest BCUT2D eigenvalue weighted by Crippen LogP contribution is -2.28. The second-order valence-corrected chi connectivity index (χ2v) is 7.27. The van der Waals surface area contributed by atoms with Crippen LogP contribution < -0.4 is 16.8 Å². The summed E-state index contributed by atoms with van der Waals surface area (Å²) in [5, 5.41) is 3.28. The van der Waals surface area contributed by atoms with E-state index < -0.39 is 5.91 Å². The van der Waals surface area contributed by atoms with Gasteiger partial charge in [0.1, 0.15) is 5.82 Å². The largest absolute Gasteiger partial charge is 0.379 e. The molecule has 5 N–H and O–H groups in total. The number of pyridine rings is 1. The van der Waals surface area contributed by atoms with Gasteiger partial charge in [-0.15, -0.1) is 0 Å². The number of aromatic nitrogens is 1. The van der Waals surface area contributed by atoms with Gasteiger partial charge in [0.05, 0.1) is 11.1 Å². The van der Waals surface area contributed by atoms with Crippen LogP contribution in [0.4, 0.5) is 5.82 Å². The summed E-state index contributed by atoms with van der Waals surface area (Å²) < 4.78 is 0. The number of primary amides is 1. The molecule has 134 valence electrons. The Morgan fingerprint density at radius 2 is 1.85 bits per heavy atom. The lowest BCUT2D eigenvalue weighted by atomic mass is 9.89. The van der Waals surface area contributed by atoms with E-state index in [0.717, 1.165) is 17.7 Å². The molecule has 26 heavy (non-hydrogen) atoms. The molecule has 0 saturated carbocycles. The first-order chi connectivity index (χ1) is 12.4. The predicted octanol–water partition coefficient (Wildman–Crippen LogP) is 2.10. The Balaban J connectivity index is 1.73. The molecule has 0 spiro atoms. The fourth-order valence-corrected chi connectivity index (χ4v) is 3.65. The highest BCUT2D eigenvalue weighted by Crippen LogP contribution is 2.34. The van der Waals surface area contributed by atoms with Gasteiger partial charge in [-0.25, -0.2) is 4.98 Å². The fourth-order valence-electron chi connectivity index (χ4n) is 2.68. The van der Waals surface area contributed by atoms with Crippen LogP contribution in [0, 0.1) is 0 Å². The normalized spacial score (nSPS) is 19.5. The van der Waals surface area contributed by atoms with Crippen LogP contribution in [0.1, 0.15) is 39.6 Å². The van der Waals surface area contributed by atoms with E-state index in [1.54, 1.807) is 23.9 Å². The number of carbonyl (C=O) groups excluding carboxylic acids is 2. The smallest absolute Gasteiger partial charge is 0.256 e. The van der Waals surface area contributed by atoms with Crippen LogP contribution in [0.5, 0.6) is 0 Å². The van der Waals surface area contributed by atoms with E-state index in [1.165, 1.54) is 18.3 Å². The number of nitrogens with zero attached hydrogens (tertiary/aromatic N) is 2. The summed E-state index contributed by atoms with van der Waals surface area (Å²) in [6.45, 7) is 2.04. The zero-order chi connectivity index (χ0) is 18.7. The maximum Gasteiger partial charge on any atom is 0.256 e. The van der Waals surface area contributed by atoms with E-state index in [4.69, 9.17) is 11.5 Å². The van der Waals surface area contributed by atoms with Gasteiger partial charge >= 0.3 is 0 Å². The Bertz CT molecular complexity index is 864. The number of nitrogens with two attached hydrogens (primary N) is 2. The number of thioether (sulfide) groups is 1. The molecule has 8 heteroatoms. The summed E-state index contributed by atoms with van der Waals surface area (Å²) in [6, 6.07) is 10.3. The van der Waals surface area contributed by atoms with E-state index in [2.05, 4.69) is 15.3 Å². The first kappa shape index (κ1) is 17.9. The van der Waals surface area contributed by atoms with Crippen LogP contribution in [0.15, 0.2) is 47.6 Å². The molecular formula is C18H19N5O2S. The van der Waals surface area contributed by atoms with Gasteiger partial charge in [0.2, 0.25) is 5.91 Å². The lowest BCUT2D eigenvalue weighted by molar-refractivity contribution is 0.0998. The van der Waals surface area contributed by atoms with Crippen LogP contribution in [-0.2, 0) is 5.54 Å².